The van der Waals surface area contributed by atoms with Crippen LogP contribution in [-0.2, 0) is 0 Å². The molecule has 0 saturated heterocycles. The van der Waals surface area contributed by atoms with Gasteiger partial charge in [0.15, 0.2) is 0 Å². The van der Waals surface area contributed by atoms with Crippen molar-refractivity contribution in [3.63, 3.8) is 0 Å². The van der Waals surface area contributed by atoms with Gasteiger partial charge in [-0.2, -0.15) is 0 Å². The molecule has 0 aliphatic rings. The summed E-state index contributed by atoms with van der Waals surface area (Å²) in [7, 11) is 1.50. The van der Waals surface area contributed by atoms with Crippen molar-refractivity contribution in [2.75, 3.05) is 7.05 Å². The highest BCUT2D eigenvalue weighted by Gasteiger charge is 1.98. The largest absolute Gasteiger partial charge is 0.342 e. The van der Waals surface area contributed by atoms with E-state index < -0.39 is 0 Å². The van der Waals surface area contributed by atoms with Crippen molar-refractivity contribution in [1.29, 1.82) is 0 Å². The average molecular weight is 191 g/mol. The van der Waals surface area contributed by atoms with Gasteiger partial charge in [0.1, 0.15) is 12.1 Å². The Kier molecular flexibility index (Phi) is 3.36. The number of rotatable bonds is 1. The maximum atomic E-state index is 10.4. The fourth-order valence-corrected chi connectivity index (χ4v) is 1.23. The van der Waals surface area contributed by atoms with E-state index in [4.69, 9.17) is 0 Å². The summed E-state index contributed by atoms with van der Waals surface area (Å²) in [5.41, 5.74) is 6.99. The van der Waals surface area contributed by atoms with Gasteiger partial charge in [-0.3, -0.25) is 4.79 Å². The molecular weight excluding hydrogens is 178 g/mol. The number of hydrogen-bond donors (Lipinski definition) is 2. The van der Waals surface area contributed by atoms with E-state index in [0.717, 1.165) is 23.1 Å². The second-order valence-corrected chi connectivity index (χ2v) is 2.72. The summed E-state index contributed by atoms with van der Waals surface area (Å²) in [5.74, 6) is 0.869. The maximum absolute atomic E-state index is 10.4. The zero-order valence-corrected chi connectivity index (χ0v) is 8.24. The van der Waals surface area contributed by atoms with E-state index in [1.54, 1.807) is 12.1 Å². The van der Waals surface area contributed by atoms with Crippen LogP contribution in [0.25, 0.3) is 11.0 Å². The van der Waals surface area contributed by atoms with Gasteiger partial charge in [0.2, 0.25) is 0 Å². The quantitative estimate of drug-likeness (QED) is 0.666. The van der Waals surface area contributed by atoms with Crippen LogP contribution >= 0.6 is 0 Å². The molecule has 14 heavy (non-hydrogen) atoms. The predicted molar refractivity (Wildman–Crippen MR) is 56.3 cm³/mol. The van der Waals surface area contributed by atoms with Crippen molar-refractivity contribution in [2.24, 2.45) is 5.73 Å². The summed E-state index contributed by atoms with van der Waals surface area (Å²) in [6.07, 6.45) is 0.829. The fraction of sp³-hybridized carbons (Fsp3) is 0.200. The monoisotopic (exact) mass is 191 g/mol. The van der Waals surface area contributed by atoms with Crippen LogP contribution in [0, 0.1) is 6.92 Å². The lowest BCUT2D eigenvalue weighted by Gasteiger charge is -1.88. The molecule has 1 heterocycles. The molecule has 0 spiro atoms. The molecule has 0 radical (unpaired) electrons. The Hall–Kier alpha value is -1.68. The lowest BCUT2D eigenvalue weighted by Crippen LogP contribution is -1.77. The Bertz CT molecular complexity index is 434. The van der Waals surface area contributed by atoms with E-state index in [0.29, 0.717) is 5.56 Å². The van der Waals surface area contributed by atoms with Gasteiger partial charge in [0, 0.05) is 5.56 Å². The Morgan fingerprint density at radius 3 is 2.79 bits per heavy atom. The average Bonchev–Trinajstić information content (AvgIpc) is 2.59. The summed E-state index contributed by atoms with van der Waals surface area (Å²) in [5, 5.41) is 0. The smallest absolute Gasteiger partial charge is 0.150 e. The van der Waals surface area contributed by atoms with Gasteiger partial charge in [0.05, 0.1) is 11.0 Å². The lowest BCUT2D eigenvalue weighted by atomic mass is 10.2. The molecule has 4 nitrogen and oxygen atoms in total. The lowest BCUT2D eigenvalue weighted by molar-refractivity contribution is 0.112. The van der Waals surface area contributed by atoms with Gasteiger partial charge < -0.3 is 10.7 Å². The van der Waals surface area contributed by atoms with E-state index in [1.165, 1.54) is 7.05 Å². The number of nitrogens with two attached hydrogens (primary N) is 1. The van der Waals surface area contributed by atoms with E-state index in [1.807, 2.05) is 13.0 Å². The summed E-state index contributed by atoms with van der Waals surface area (Å²) < 4.78 is 0. The van der Waals surface area contributed by atoms with Crippen LogP contribution in [0.4, 0.5) is 0 Å². The molecule has 0 saturated carbocycles. The van der Waals surface area contributed by atoms with Crippen molar-refractivity contribution in [2.45, 2.75) is 6.92 Å². The van der Waals surface area contributed by atoms with Crippen LogP contribution in [0.1, 0.15) is 16.2 Å². The second kappa shape index (κ2) is 4.53. The number of nitrogens with zero attached hydrogens (tertiary/aromatic N) is 1. The zero-order valence-electron chi connectivity index (χ0n) is 8.24. The number of nitrogens with one attached hydrogen (secondary N) is 1. The van der Waals surface area contributed by atoms with Crippen LogP contribution < -0.4 is 5.73 Å². The first-order chi connectivity index (χ1) is 6.79. The zero-order chi connectivity index (χ0) is 10.6. The molecular formula is C10H13N3O. The summed E-state index contributed by atoms with van der Waals surface area (Å²) in [6, 6.07) is 5.39. The van der Waals surface area contributed by atoms with Crippen LogP contribution in [-0.4, -0.2) is 23.3 Å². The van der Waals surface area contributed by atoms with Gasteiger partial charge in [-0.1, -0.05) is 0 Å². The van der Waals surface area contributed by atoms with Gasteiger partial charge in [-0.25, -0.2) is 4.98 Å². The Labute approximate surface area is 82.1 Å². The number of hydrogen-bond acceptors (Lipinski definition) is 3. The van der Waals surface area contributed by atoms with Crippen molar-refractivity contribution in [1.82, 2.24) is 9.97 Å². The standard InChI is InChI=1S/C9H8N2O.CH5N/c1-6-10-8-3-2-7(5-12)4-9(8)11-6;1-2/h2-5H,1H3,(H,10,11);2H2,1H3. The number of aromatic nitrogens is 2. The van der Waals surface area contributed by atoms with E-state index >= 15 is 0 Å². The number of aldehydes is 1. The molecule has 0 aliphatic heterocycles. The summed E-state index contributed by atoms with van der Waals surface area (Å²) in [4.78, 5) is 17.7. The minimum absolute atomic E-state index is 0.672. The van der Waals surface area contributed by atoms with Gasteiger partial charge in [0.25, 0.3) is 0 Å². The number of H-pyrrole nitrogens is 1. The highest BCUT2D eigenvalue weighted by atomic mass is 16.1. The van der Waals surface area contributed by atoms with Crippen LogP contribution in [0.5, 0.6) is 0 Å². The van der Waals surface area contributed by atoms with Crippen molar-refractivity contribution in [3.05, 3.63) is 29.6 Å². The molecule has 1 aromatic carbocycles. The highest BCUT2D eigenvalue weighted by molar-refractivity contribution is 5.84. The van der Waals surface area contributed by atoms with Gasteiger partial charge in [-0.05, 0) is 32.2 Å². The second-order valence-electron chi connectivity index (χ2n) is 2.72. The summed E-state index contributed by atoms with van der Waals surface area (Å²) >= 11 is 0. The molecule has 0 bridgehead atoms. The number of aromatic amines is 1. The van der Waals surface area contributed by atoms with E-state index in [-0.39, 0.29) is 0 Å². The van der Waals surface area contributed by atoms with Crippen LogP contribution in [0.15, 0.2) is 18.2 Å². The molecule has 74 valence electrons. The molecule has 2 rings (SSSR count). The first-order valence-corrected chi connectivity index (χ1v) is 4.29. The van der Waals surface area contributed by atoms with Crippen molar-refractivity contribution in [3.8, 4) is 0 Å². The molecule has 3 N–H and O–H groups in total. The minimum atomic E-state index is 0.672. The molecule has 1 aromatic heterocycles. The number of carbonyl (C=O) groups is 1. The third kappa shape index (κ3) is 1.97. The number of carbonyl (C=O) groups excluding carboxylic acids is 1. The van der Waals surface area contributed by atoms with E-state index in [2.05, 4.69) is 15.7 Å². The van der Waals surface area contributed by atoms with Crippen LogP contribution in [0.3, 0.4) is 0 Å². The number of fused-ring (bicyclic) bond motifs is 1. The summed E-state index contributed by atoms with van der Waals surface area (Å²) in [6.45, 7) is 1.89. The predicted octanol–water partition coefficient (Wildman–Crippen LogP) is 1.26. The minimum Gasteiger partial charge on any atom is -0.342 e. The van der Waals surface area contributed by atoms with Crippen molar-refractivity contribution < 1.29 is 4.79 Å². The molecule has 0 amide bonds. The highest BCUT2D eigenvalue weighted by Crippen LogP contribution is 2.11. The number of benzene rings is 1. The van der Waals surface area contributed by atoms with Crippen LogP contribution in [0.2, 0.25) is 0 Å². The Morgan fingerprint density at radius 2 is 2.14 bits per heavy atom. The van der Waals surface area contributed by atoms with Gasteiger partial charge >= 0.3 is 0 Å². The third-order valence-electron chi connectivity index (χ3n) is 1.76. The molecule has 2 aromatic rings. The maximum Gasteiger partial charge on any atom is 0.150 e. The number of aryl methyl sites for hydroxylation is 1. The first-order valence-electron chi connectivity index (χ1n) is 4.29. The third-order valence-corrected chi connectivity index (χ3v) is 1.76. The normalized spacial score (nSPS) is 9.36. The number of imidazole rings is 1. The first kappa shape index (κ1) is 10.4. The Balaban J connectivity index is 0.000000461. The van der Waals surface area contributed by atoms with Crippen molar-refractivity contribution >= 4 is 17.3 Å². The SMILES string of the molecule is CN.Cc1nc2ccc(C=O)cc2[nH]1. The Morgan fingerprint density at radius 1 is 1.43 bits per heavy atom. The van der Waals surface area contributed by atoms with Gasteiger partial charge in [-0.15, -0.1) is 0 Å². The topological polar surface area (TPSA) is 71.8 Å². The van der Waals surface area contributed by atoms with E-state index in [9.17, 15) is 4.79 Å². The molecule has 0 atom stereocenters. The molecule has 0 aliphatic carbocycles. The fourth-order valence-electron chi connectivity index (χ4n) is 1.23. The molecule has 4 heteroatoms. The molecule has 0 fully saturated rings. The molecule has 0 unspecified atom stereocenters.